The molecule has 1 aromatic heterocycles. The van der Waals surface area contributed by atoms with Crippen LogP contribution in [0.1, 0.15) is 12.5 Å². The van der Waals surface area contributed by atoms with Crippen molar-refractivity contribution in [1.29, 1.82) is 0 Å². The molecule has 0 radical (unpaired) electrons. The zero-order chi connectivity index (χ0) is 15.1. The number of rotatable bonds is 8. The van der Waals surface area contributed by atoms with Crippen LogP contribution >= 0.6 is 15.9 Å². The molecule has 0 unspecified atom stereocenters. The van der Waals surface area contributed by atoms with Crippen LogP contribution in [0.25, 0.3) is 0 Å². The maximum atomic E-state index is 5.86. The standard InChI is InChI=1S/C15H20BrN3O2/c1-2-20-14-11-12(4-5-17)10-13(16)15(14)21-9-8-19-7-3-6-18-19/h3,6-7,10-11H,2,4-5,8-9,17H2,1H3. The highest BCUT2D eigenvalue weighted by Gasteiger charge is 2.12. The second-order valence-electron chi connectivity index (χ2n) is 4.49. The number of nitrogens with zero attached hydrogens (tertiary/aromatic N) is 2. The molecule has 0 amide bonds. The average molecular weight is 354 g/mol. The van der Waals surface area contributed by atoms with E-state index in [9.17, 15) is 0 Å². The van der Waals surface area contributed by atoms with Crippen molar-refractivity contribution in [1.82, 2.24) is 9.78 Å². The molecule has 0 bridgehead atoms. The molecular formula is C15H20BrN3O2. The van der Waals surface area contributed by atoms with Gasteiger partial charge < -0.3 is 15.2 Å². The fourth-order valence-corrected chi connectivity index (χ4v) is 2.61. The summed E-state index contributed by atoms with van der Waals surface area (Å²) in [5.74, 6) is 1.47. The highest BCUT2D eigenvalue weighted by atomic mass is 79.9. The lowest BCUT2D eigenvalue weighted by Gasteiger charge is -2.15. The van der Waals surface area contributed by atoms with Crippen molar-refractivity contribution in [3.8, 4) is 11.5 Å². The maximum Gasteiger partial charge on any atom is 0.175 e. The van der Waals surface area contributed by atoms with Crippen LogP contribution in [-0.4, -0.2) is 29.5 Å². The molecule has 0 saturated heterocycles. The fraction of sp³-hybridized carbons (Fsp3) is 0.400. The van der Waals surface area contributed by atoms with Crippen molar-refractivity contribution >= 4 is 15.9 Å². The Labute approximate surface area is 133 Å². The SMILES string of the molecule is CCOc1cc(CCN)cc(Br)c1OCCn1cccn1. The van der Waals surface area contributed by atoms with Crippen LogP contribution in [0.4, 0.5) is 0 Å². The first-order chi connectivity index (χ1) is 10.2. The van der Waals surface area contributed by atoms with E-state index >= 15 is 0 Å². The Hall–Kier alpha value is -1.53. The molecule has 0 aliphatic carbocycles. The monoisotopic (exact) mass is 353 g/mol. The molecule has 0 saturated carbocycles. The van der Waals surface area contributed by atoms with Gasteiger partial charge in [-0.1, -0.05) is 0 Å². The van der Waals surface area contributed by atoms with Gasteiger partial charge >= 0.3 is 0 Å². The molecule has 1 aromatic carbocycles. The van der Waals surface area contributed by atoms with Gasteiger partial charge in [0.15, 0.2) is 11.5 Å². The summed E-state index contributed by atoms with van der Waals surface area (Å²) in [6, 6.07) is 5.91. The van der Waals surface area contributed by atoms with Gasteiger partial charge in [0.25, 0.3) is 0 Å². The molecule has 2 aromatic rings. The summed E-state index contributed by atoms with van der Waals surface area (Å²) in [6.07, 6.45) is 4.47. The summed E-state index contributed by atoms with van der Waals surface area (Å²) >= 11 is 3.55. The van der Waals surface area contributed by atoms with Crippen LogP contribution in [-0.2, 0) is 13.0 Å². The quantitative estimate of drug-likeness (QED) is 0.792. The lowest BCUT2D eigenvalue weighted by Crippen LogP contribution is -2.10. The van der Waals surface area contributed by atoms with E-state index < -0.39 is 0 Å². The fourth-order valence-electron chi connectivity index (χ4n) is 2.01. The molecule has 0 aliphatic heterocycles. The van der Waals surface area contributed by atoms with Gasteiger partial charge in [-0.2, -0.15) is 5.10 Å². The Bertz CT molecular complexity index is 558. The third kappa shape index (κ3) is 4.47. The number of hydrogen-bond acceptors (Lipinski definition) is 4. The third-order valence-electron chi connectivity index (χ3n) is 2.93. The summed E-state index contributed by atoms with van der Waals surface area (Å²) in [6.45, 7) is 4.37. The van der Waals surface area contributed by atoms with Gasteiger partial charge in [-0.3, -0.25) is 4.68 Å². The Morgan fingerprint density at radius 3 is 2.86 bits per heavy atom. The zero-order valence-electron chi connectivity index (χ0n) is 12.1. The summed E-state index contributed by atoms with van der Waals surface area (Å²) in [7, 11) is 0. The predicted molar refractivity (Wildman–Crippen MR) is 85.8 cm³/mol. The Morgan fingerprint density at radius 2 is 2.19 bits per heavy atom. The summed E-state index contributed by atoms with van der Waals surface area (Å²) < 4.78 is 14.3. The lowest BCUT2D eigenvalue weighted by molar-refractivity contribution is 0.260. The van der Waals surface area contributed by atoms with Gasteiger partial charge in [-0.25, -0.2) is 0 Å². The number of benzene rings is 1. The molecule has 2 N–H and O–H groups in total. The number of ether oxygens (including phenoxy) is 2. The van der Waals surface area contributed by atoms with Gasteiger partial charge in [-0.05, 0) is 59.6 Å². The molecular weight excluding hydrogens is 334 g/mol. The van der Waals surface area contributed by atoms with E-state index in [4.69, 9.17) is 15.2 Å². The molecule has 0 atom stereocenters. The molecule has 114 valence electrons. The molecule has 21 heavy (non-hydrogen) atoms. The Morgan fingerprint density at radius 1 is 1.33 bits per heavy atom. The van der Waals surface area contributed by atoms with Gasteiger partial charge in [0.2, 0.25) is 0 Å². The number of halogens is 1. The minimum absolute atomic E-state index is 0.524. The minimum Gasteiger partial charge on any atom is -0.490 e. The third-order valence-corrected chi connectivity index (χ3v) is 3.52. The number of nitrogens with two attached hydrogens (primary N) is 1. The smallest absolute Gasteiger partial charge is 0.175 e. The molecule has 0 spiro atoms. The molecule has 0 aliphatic rings. The molecule has 1 heterocycles. The van der Waals surface area contributed by atoms with Gasteiger partial charge in [0, 0.05) is 12.4 Å². The largest absolute Gasteiger partial charge is 0.490 e. The van der Waals surface area contributed by atoms with E-state index in [1.54, 1.807) is 6.20 Å². The predicted octanol–water partition coefficient (Wildman–Crippen LogP) is 2.62. The van der Waals surface area contributed by atoms with E-state index in [1.165, 1.54) is 0 Å². The molecule has 5 nitrogen and oxygen atoms in total. The van der Waals surface area contributed by atoms with Crippen LogP contribution < -0.4 is 15.2 Å². The van der Waals surface area contributed by atoms with E-state index in [2.05, 4.69) is 21.0 Å². The van der Waals surface area contributed by atoms with Crippen molar-refractivity contribution in [2.24, 2.45) is 5.73 Å². The minimum atomic E-state index is 0.524. The van der Waals surface area contributed by atoms with Crippen molar-refractivity contribution in [2.75, 3.05) is 19.8 Å². The maximum absolute atomic E-state index is 5.86. The van der Waals surface area contributed by atoms with Crippen LogP contribution in [0.2, 0.25) is 0 Å². The lowest BCUT2D eigenvalue weighted by atomic mass is 10.1. The van der Waals surface area contributed by atoms with E-state index in [-0.39, 0.29) is 0 Å². The van der Waals surface area contributed by atoms with Crippen molar-refractivity contribution in [3.63, 3.8) is 0 Å². The second-order valence-corrected chi connectivity index (χ2v) is 5.35. The molecule has 2 rings (SSSR count). The van der Waals surface area contributed by atoms with Crippen molar-refractivity contribution < 1.29 is 9.47 Å². The zero-order valence-corrected chi connectivity index (χ0v) is 13.7. The second kappa shape index (κ2) is 8.05. The first kappa shape index (κ1) is 15.9. The van der Waals surface area contributed by atoms with E-state index in [1.807, 2.05) is 36.0 Å². The van der Waals surface area contributed by atoms with Crippen LogP contribution in [0, 0.1) is 0 Å². The topological polar surface area (TPSA) is 62.3 Å². The first-order valence-corrected chi connectivity index (χ1v) is 7.79. The summed E-state index contributed by atoms with van der Waals surface area (Å²) in [4.78, 5) is 0. The van der Waals surface area contributed by atoms with Gasteiger partial charge in [0.1, 0.15) is 6.61 Å². The van der Waals surface area contributed by atoms with Crippen molar-refractivity contribution in [2.45, 2.75) is 19.9 Å². The Kier molecular flexibility index (Phi) is 6.07. The molecule has 6 heteroatoms. The summed E-state index contributed by atoms with van der Waals surface area (Å²) in [5, 5.41) is 4.15. The van der Waals surface area contributed by atoms with Gasteiger partial charge in [0.05, 0.1) is 17.6 Å². The van der Waals surface area contributed by atoms with Crippen LogP contribution in [0.15, 0.2) is 35.1 Å². The highest BCUT2D eigenvalue weighted by molar-refractivity contribution is 9.10. The molecule has 0 fully saturated rings. The number of hydrogen-bond donors (Lipinski definition) is 1. The van der Waals surface area contributed by atoms with Crippen molar-refractivity contribution in [3.05, 3.63) is 40.6 Å². The normalized spacial score (nSPS) is 10.6. The van der Waals surface area contributed by atoms with E-state index in [0.29, 0.717) is 26.3 Å². The van der Waals surface area contributed by atoms with E-state index in [0.717, 1.165) is 28.0 Å². The van der Waals surface area contributed by atoms with Crippen LogP contribution in [0.3, 0.4) is 0 Å². The van der Waals surface area contributed by atoms with Gasteiger partial charge in [-0.15, -0.1) is 0 Å². The summed E-state index contributed by atoms with van der Waals surface area (Å²) in [5.41, 5.74) is 6.74. The Balaban J connectivity index is 2.08. The van der Waals surface area contributed by atoms with Crippen LogP contribution in [0.5, 0.6) is 11.5 Å². The average Bonchev–Trinajstić information content (AvgIpc) is 2.95. The highest BCUT2D eigenvalue weighted by Crippen LogP contribution is 2.37. The number of aromatic nitrogens is 2. The first-order valence-electron chi connectivity index (χ1n) is 7.00.